The highest BCUT2D eigenvalue weighted by Gasteiger charge is 2.26. The third kappa shape index (κ3) is 11.7. The lowest BCUT2D eigenvalue weighted by Crippen LogP contribution is -2.49. The lowest BCUT2D eigenvalue weighted by atomic mass is 9.99. The molecule has 11 nitrogen and oxygen atoms in total. The van der Waals surface area contributed by atoms with Crippen LogP contribution in [0.3, 0.4) is 0 Å². The Balaban J connectivity index is 4.64. The first-order valence-corrected chi connectivity index (χ1v) is 10.6. The van der Waals surface area contributed by atoms with Gasteiger partial charge in [-0.25, -0.2) is 4.79 Å². The van der Waals surface area contributed by atoms with Gasteiger partial charge in [-0.15, -0.1) is 0 Å². The van der Waals surface area contributed by atoms with E-state index in [2.05, 4.69) is 5.32 Å². The quantitative estimate of drug-likeness (QED) is 0.177. The largest absolute Gasteiger partial charge is 0.481 e. The van der Waals surface area contributed by atoms with Crippen LogP contribution in [0.15, 0.2) is 0 Å². The summed E-state index contributed by atoms with van der Waals surface area (Å²) in [6, 6.07) is -3.32. The highest BCUT2D eigenvalue weighted by atomic mass is 32.2. The minimum absolute atomic E-state index is 0.00292. The molecule has 0 spiro atoms. The van der Waals surface area contributed by atoms with Gasteiger partial charge in [-0.2, -0.15) is 11.8 Å². The molecule has 0 aliphatic rings. The van der Waals surface area contributed by atoms with Crippen molar-refractivity contribution in [1.82, 2.24) is 5.32 Å². The van der Waals surface area contributed by atoms with Gasteiger partial charge in [0.1, 0.15) is 17.9 Å². The first-order chi connectivity index (χ1) is 13.8. The van der Waals surface area contributed by atoms with Crippen LogP contribution in [0.5, 0.6) is 0 Å². The fraction of sp³-hybridized carbons (Fsp3) is 0.722. The molecule has 0 heterocycles. The van der Waals surface area contributed by atoms with Crippen molar-refractivity contribution in [2.75, 3.05) is 11.5 Å². The van der Waals surface area contributed by atoms with Gasteiger partial charge < -0.3 is 32.1 Å². The molecule has 0 fully saturated rings. The molecule has 0 aromatic rings. The zero-order valence-corrected chi connectivity index (χ0v) is 17.9. The first kappa shape index (κ1) is 27.8. The highest BCUT2D eigenvalue weighted by molar-refractivity contribution is 7.99. The highest BCUT2D eigenvalue weighted by Crippen LogP contribution is 2.16. The number of carboxylic acids is 3. The maximum atomic E-state index is 12.1. The van der Waals surface area contributed by atoms with E-state index in [9.17, 15) is 34.2 Å². The predicted molar refractivity (Wildman–Crippen MR) is 110 cm³/mol. The Morgan fingerprint density at radius 2 is 1.50 bits per heavy atom. The molecule has 0 bridgehead atoms. The summed E-state index contributed by atoms with van der Waals surface area (Å²) < 4.78 is 0. The van der Waals surface area contributed by atoms with Crippen molar-refractivity contribution in [3.05, 3.63) is 0 Å². The number of hydrogen-bond acceptors (Lipinski definition) is 8. The van der Waals surface area contributed by atoms with Gasteiger partial charge in [0.2, 0.25) is 5.91 Å². The number of amides is 1. The number of carboxylic acid groups (broad SMARTS) is 3. The molecular formula is C18H31N3O8S. The predicted octanol–water partition coefficient (Wildman–Crippen LogP) is -0.485. The van der Waals surface area contributed by atoms with E-state index in [1.165, 1.54) is 0 Å². The maximum absolute atomic E-state index is 12.1. The number of aliphatic carboxylic acids is 3. The van der Waals surface area contributed by atoms with E-state index < -0.39 is 53.6 Å². The topological polar surface area (TPSA) is 210 Å². The van der Waals surface area contributed by atoms with E-state index in [1.54, 1.807) is 0 Å². The molecule has 1 amide bonds. The SMILES string of the molecule is CC(C)C[C@H](N)C(=O)N[C@H](CCC(=O)C[C@H](CSC[C@H](N)C(=O)O)C(=O)O)C(=O)O. The number of carbonyl (C=O) groups excluding carboxylic acids is 2. The normalized spacial score (nSPS) is 15.1. The standard InChI is InChI=1S/C18H31N3O8S/c1-9(2)5-12(19)15(23)21-14(18(28)29)4-3-11(22)6-10(16(24)25)7-30-8-13(20)17(26)27/h9-10,12-14H,3-8,19-20H2,1-2H3,(H,21,23)(H,24,25)(H,26,27)(H,28,29)/t10-,12+,13+,14-/m1/s1. The monoisotopic (exact) mass is 449 g/mol. The van der Waals surface area contributed by atoms with Gasteiger partial charge in [-0.05, 0) is 18.8 Å². The molecule has 0 aromatic carbocycles. The van der Waals surface area contributed by atoms with Crippen LogP contribution in [0, 0.1) is 11.8 Å². The van der Waals surface area contributed by atoms with Crippen LogP contribution in [0.1, 0.15) is 39.5 Å². The van der Waals surface area contributed by atoms with Crippen LogP contribution in [0.25, 0.3) is 0 Å². The van der Waals surface area contributed by atoms with Crippen molar-refractivity contribution in [3.63, 3.8) is 0 Å². The number of rotatable bonds is 16. The Labute approximate surface area is 178 Å². The molecule has 0 unspecified atom stereocenters. The van der Waals surface area contributed by atoms with Gasteiger partial charge in [0.15, 0.2) is 0 Å². The van der Waals surface area contributed by atoms with Crippen LogP contribution in [0.4, 0.5) is 0 Å². The molecule has 12 heteroatoms. The summed E-state index contributed by atoms with van der Waals surface area (Å²) in [5, 5.41) is 29.5. The van der Waals surface area contributed by atoms with Crippen LogP contribution < -0.4 is 16.8 Å². The number of ketones is 1. The summed E-state index contributed by atoms with van der Waals surface area (Å²) in [6.45, 7) is 3.74. The van der Waals surface area contributed by atoms with Gasteiger partial charge in [0.25, 0.3) is 0 Å². The summed E-state index contributed by atoms with van der Waals surface area (Å²) in [5.41, 5.74) is 11.1. The van der Waals surface area contributed by atoms with Gasteiger partial charge in [0.05, 0.1) is 12.0 Å². The first-order valence-electron chi connectivity index (χ1n) is 9.44. The average molecular weight is 450 g/mol. The molecule has 0 saturated heterocycles. The summed E-state index contributed by atoms with van der Waals surface area (Å²) in [4.78, 5) is 57.5. The second-order valence-corrected chi connectivity index (χ2v) is 8.51. The van der Waals surface area contributed by atoms with Crippen molar-refractivity contribution < 1.29 is 39.3 Å². The summed E-state index contributed by atoms with van der Waals surface area (Å²) in [5.74, 6) is -5.77. The van der Waals surface area contributed by atoms with Gasteiger partial charge >= 0.3 is 17.9 Å². The number of nitrogens with two attached hydrogens (primary N) is 2. The van der Waals surface area contributed by atoms with Crippen LogP contribution in [-0.4, -0.2) is 74.5 Å². The van der Waals surface area contributed by atoms with Gasteiger partial charge in [-0.1, -0.05) is 13.8 Å². The molecule has 0 saturated carbocycles. The van der Waals surface area contributed by atoms with Gasteiger partial charge in [-0.3, -0.25) is 19.2 Å². The summed E-state index contributed by atoms with van der Waals surface area (Å²) >= 11 is 1.01. The third-order valence-corrected chi connectivity index (χ3v) is 5.38. The van der Waals surface area contributed by atoms with Crippen molar-refractivity contribution in [1.29, 1.82) is 0 Å². The minimum atomic E-state index is -1.32. The second-order valence-electron chi connectivity index (χ2n) is 7.43. The number of carbonyl (C=O) groups is 5. The van der Waals surface area contributed by atoms with E-state index in [0.717, 1.165) is 11.8 Å². The van der Waals surface area contributed by atoms with Crippen molar-refractivity contribution in [2.45, 2.75) is 57.7 Å². The number of hydrogen-bond donors (Lipinski definition) is 6. The maximum Gasteiger partial charge on any atom is 0.326 e. The molecule has 0 rings (SSSR count). The van der Waals surface area contributed by atoms with E-state index >= 15 is 0 Å². The molecule has 0 aromatic heterocycles. The Kier molecular flexibility index (Phi) is 12.9. The van der Waals surface area contributed by atoms with E-state index in [-0.39, 0.29) is 36.7 Å². The molecule has 172 valence electrons. The molecule has 0 radical (unpaired) electrons. The Morgan fingerprint density at radius 1 is 0.900 bits per heavy atom. The molecule has 4 atom stereocenters. The summed E-state index contributed by atoms with van der Waals surface area (Å²) in [7, 11) is 0. The molecular weight excluding hydrogens is 418 g/mol. The Bertz CT molecular complexity index is 629. The smallest absolute Gasteiger partial charge is 0.326 e. The lowest BCUT2D eigenvalue weighted by Gasteiger charge is -2.19. The van der Waals surface area contributed by atoms with Crippen LogP contribution in [0.2, 0.25) is 0 Å². The van der Waals surface area contributed by atoms with Crippen molar-refractivity contribution in [2.24, 2.45) is 23.3 Å². The van der Waals surface area contributed by atoms with Crippen molar-refractivity contribution in [3.8, 4) is 0 Å². The molecule has 8 N–H and O–H groups in total. The number of nitrogens with one attached hydrogen (secondary N) is 1. The van der Waals surface area contributed by atoms with E-state index in [4.69, 9.17) is 16.6 Å². The zero-order chi connectivity index (χ0) is 23.4. The van der Waals surface area contributed by atoms with E-state index in [0.29, 0.717) is 6.42 Å². The number of Topliss-reactive ketones (excluding diaryl/α,β-unsaturated/α-hetero) is 1. The lowest BCUT2D eigenvalue weighted by molar-refractivity contribution is -0.144. The minimum Gasteiger partial charge on any atom is -0.481 e. The van der Waals surface area contributed by atoms with E-state index in [1.807, 2.05) is 13.8 Å². The fourth-order valence-corrected chi connectivity index (χ4v) is 3.54. The van der Waals surface area contributed by atoms with Crippen LogP contribution >= 0.6 is 11.8 Å². The fourth-order valence-electron chi connectivity index (χ4n) is 2.46. The van der Waals surface area contributed by atoms with Crippen molar-refractivity contribution >= 4 is 41.4 Å². The molecule has 30 heavy (non-hydrogen) atoms. The Morgan fingerprint density at radius 3 is 1.97 bits per heavy atom. The molecule has 0 aliphatic carbocycles. The molecule has 0 aliphatic heterocycles. The second kappa shape index (κ2) is 13.9. The van der Waals surface area contributed by atoms with Gasteiger partial charge in [0, 0.05) is 24.3 Å². The number of thioether (sulfide) groups is 1. The Hall–Kier alpha value is -2.18. The third-order valence-electron chi connectivity index (χ3n) is 4.15. The summed E-state index contributed by atoms with van der Waals surface area (Å²) in [6.07, 6.45) is -0.393. The average Bonchev–Trinajstić information content (AvgIpc) is 2.62. The zero-order valence-electron chi connectivity index (χ0n) is 17.1. The van der Waals surface area contributed by atoms with Crippen LogP contribution in [-0.2, 0) is 24.0 Å².